The van der Waals surface area contributed by atoms with Gasteiger partial charge in [-0.1, -0.05) is 20.8 Å². The van der Waals surface area contributed by atoms with Crippen LogP contribution in [0.4, 0.5) is 0 Å². The molecule has 0 radical (unpaired) electrons. The van der Waals surface area contributed by atoms with Crippen LogP contribution in [0, 0.1) is 11.3 Å². The van der Waals surface area contributed by atoms with Crippen molar-refractivity contribution in [2.45, 2.75) is 52.5 Å². The lowest BCUT2D eigenvalue weighted by Crippen LogP contribution is -2.24. The summed E-state index contributed by atoms with van der Waals surface area (Å²) in [5, 5.41) is 25.9. The number of hydrogen-bond acceptors (Lipinski definition) is 8. The van der Waals surface area contributed by atoms with Crippen LogP contribution in [0.25, 0.3) is 0 Å². The number of nitriles is 1. The minimum atomic E-state index is -0.469. The predicted octanol–water partition coefficient (Wildman–Crippen LogP) is 2.94. The van der Waals surface area contributed by atoms with Crippen molar-refractivity contribution in [2.75, 3.05) is 26.8 Å². The molecule has 2 aromatic carbocycles. The largest absolute Gasteiger partial charge is 0.504 e. The molecule has 0 fully saturated rings. The Morgan fingerprint density at radius 2 is 1.82 bits per heavy atom. The van der Waals surface area contributed by atoms with E-state index in [1.54, 1.807) is 19.1 Å². The SMILES string of the molecule is CCOc1cc(CNCC(=O)c2cc(OCCCC(N)=O)c(O)c(C(C)(C)C)c2)c(C#N)cc1C(=O)NC. The van der Waals surface area contributed by atoms with Crippen molar-refractivity contribution in [3.8, 4) is 23.3 Å². The maximum Gasteiger partial charge on any atom is 0.254 e. The molecule has 0 unspecified atom stereocenters. The van der Waals surface area contributed by atoms with E-state index < -0.39 is 11.3 Å². The van der Waals surface area contributed by atoms with E-state index in [4.69, 9.17) is 15.2 Å². The highest BCUT2D eigenvalue weighted by molar-refractivity contribution is 5.99. The Morgan fingerprint density at radius 3 is 2.39 bits per heavy atom. The number of ether oxygens (including phenoxy) is 2. The maximum absolute atomic E-state index is 13.1. The molecule has 0 saturated heterocycles. The average Bonchev–Trinajstić information content (AvgIpc) is 2.86. The second kappa shape index (κ2) is 13.4. The summed E-state index contributed by atoms with van der Waals surface area (Å²) in [4.78, 5) is 36.3. The van der Waals surface area contributed by atoms with E-state index >= 15 is 0 Å². The van der Waals surface area contributed by atoms with Gasteiger partial charge in [0.1, 0.15) is 5.75 Å². The van der Waals surface area contributed by atoms with Gasteiger partial charge in [-0.05, 0) is 48.6 Å². The first-order valence-corrected chi connectivity index (χ1v) is 12.4. The summed E-state index contributed by atoms with van der Waals surface area (Å²) >= 11 is 0. The van der Waals surface area contributed by atoms with E-state index in [0.717, 1.165) is 0 Å². The van der Waals surface area contributed by atoms with Gasteiger partial charge in [0.05, 0.1) is 37.0 Å². The molecule has 0 aliphatic rings. The van der Waals surface area contributed by atoms with Crippen molar-refractivity contribution in [1.29, 1.82) is 5.26 Å². The molecule has 0 saturated carbocycles. The van der Waals surface area contributed by atoms with Crippen molar-refractivity contribution in [3.63, 3.8) is 0 Å². The molecule has 204 valence electrons. The minimum absolute atomic E-state index is 0.0541. The quantitative estimate of drug-likeness (QED) is 0.229. The number of nitrogens with one attached hydrogen (secondary N) is 2. The first-order valence-electron chi connectivity index (χ1n) is 12.4. The van der Waals surface area contributed by atoms with Gasteiger partial charge in [0.15, 0.2) is 17.3 Å². The molecule has 0 bridgehead atoms. The van der Waals surface area contributed by atoms with Crippen molar-refractivity contribution in [1.82, 2.24) is 10.6 Å². The monoisotopic (exact) mass is 524 g/mol. The smallest absolute Gasteiger partial charge is 0.254 e. The van der Waals surface area contributed by atoms with Gasteiger partial charge in [-0.3, -0.25) is 14.4 Å². The topological polar surface area (TPSA) is 164 Å². The number of nitrogens with two attached hydrogens (primary N) is 1. The molecule has 10 nitrogen and oxygen atoms in total. The van der Waals surface area contributed by atoms with Gasteiger partial charge in [0.25, 0.3) is 5.91 Å². The fourth-order valence-electron chi connectivity index (χ4n) is 3.75. The molecule has 0 atom stereocenters. The highest BCUT2D eigenvalue weighted by Crippen LogP contribution is 2.39. The summed E-state index contributed by atoms with van der Waals surface area (Å²) < 4.78 is 11.3. The summed E-state index contributed by atoms with van der Waals surface area (Å²) in [7, 11) is 1.50. The maximum atomic E-state index is 13.1. The number of carbonyl (C=O) groups is 3. The molecule has 5 N–H and O–H groups in total. The average molecular weight is 525 g/mol. The molecule has 0 aromatic heterocycles. The minimum Gasteiger partial charge on any atom is -0.504 e. The Balaban J connectivity index is 2.24. The molecule has 0 spiro atoms. The second-order valence-electron chi connectivity index (χ2n) is 9.70. The molecule has 2 aromatic rings. The molecule has 0 aliphatic heterocycles. The predicted molar refractivity (Wildman–Crippen MR) is 142 cm³/mol. The number of nitrogens with zero attached hydrogens (tertiary/aromatic N) is 1. The van der Waals surface area contributed by atoms with Crippen LogP contribution >= 0.6 is 0 Å². The van der Waals surface area contributed by atoms with Crippen molar-refractivity contribution in [2.24, 2.45) is 5.73 Å². The molecule has 2 amide bonds. The molecule has 2 rings (SSSR count). The number of benzene rings is 2. The van der Waals surface area contributed by atoms with Gasteiger partial charge in [0.2, 0.25) is 5.91 Å². The standard InChI is InChI=1S/C28H36N4O6/c1-6-37-23-13-19(18(14-29)10-20(23)27(36)31-5)15-32-16-22(33)17-11-21(28(2,3)4)26(35)24(12-17)38-9-7-8-25(30)34/h10-13,32,35H,6-9,15-16H2,1-5H3,(H2,30,34)(H,31,36). The lowest BCUT2D eigenvalue weighted by molar-refractivity contribution is -0.118. The third-order valence-corrected chi connectivity index (χ3v) is 5.73. The fourth-order valence-corrected chi connectivity index (χ4v) is 3.75. The van der Waals surface area contributed by atoms with Gasteiger partial charge in [-0.2, -0.15) is 5.26 Å². The number of Topliss-reactive ketones (excluding diaryl/α,β-unsaturated/α-hetero) is 1. The van der Waals surface area contributed by atoms with Gasteiger partial charge >= 0.3 is 0 Å². The zero-order valence-corrected chi connectivity index (χ0v) is 22.6. The van der Waals surface area contributed by atoms with Crippen LogP contribution in [0.1, 0.15) is 77.9 Å². The first-order chi connectivity index (χ1) is 17.9. The molecule has 38 heavy (non-hydrogen) atoms. The van der Waals surface area contributed by atoms with E-state index in [2.05, 4.69) is 16.7 Å². The van der Waals surface area contributed by atoms with Crippen LogP contribution in [0.5, 0.6) is 17.2 Å². The third-order valence-electron chi connectivity index (χ3n) is 5.73. The molecule has 10 heteroatoms. The highest BCUT2D eigenvalue weighted by Gasteiger charge is 2.24. The summed E-state index contributed by atoms with van der Waals surface area (Å²) in [5.74, 6) is -0.611. The van der Waals surface area contributed by atoms with E-state index in [1.807, 2.05) is 20.8 Å². The zero-order chi connectivity index (χ0) is 28.5. The van der Waals surface area contributed by atoms with Gasteiger partial charge in [-0.15, -0.1) is 0 Å². The molecule has 0 aliphatic carbocycles. The van der Waals surface area contributed by atoms with Crippen LogP contribution < -0.4 is 25.8 Å². The summed E-state index contributed by atoms with van der Waals surface area (Å²) in [6, 6.07) is 8.30. The highest BCUT2D eigenvalue weighted by atomic mass is 16.5. The van der Waals surface area contributed by atoms with E-state index in [1.165, 1.54) is 19.2 Å². The number of phenolic OH excluding ortho intramolecular Hbond substituents is 1. The molecule has 0 heterocycles. The Labute approximate surface area is 223 Å². The first kappa shape index (κ1) is 30.1. The van der Waals surface area contributed by atoms with Crippen LogP contribution in [0.2, 0.25) is 0 Å². The van der Waals surface area contributed by atoms with E-state index in [9.17, 15) is 24.8 Å². The van der Waals surface area contributed by atoms with Crippen LogP contribution in [-0.4, -0.2) is 49.5 Å². The molecular weight excluding hydrogens is 488 g/mol. The van der Waals surface area contributed by atoms with Crippen molar-refractivity contribution >= 4 is 17.6 Å². The number of amides is 2. The van der Waals surface area contributed by atoms with E-state index in [-0.39, 0.29) is 54.9 Å². The number of carbonyl (C=O) groups excluding carboxylic acids is 3. The normalized spacial score (nSPS) is 10.9. The number of phenols is 1. The number of aromatic hydroxyl groups is 1. The Bertz CT molecular complexity index is 1230. The number of ketones is 1. The third kappa shape index (κ3) is 7.95. The lowest BCUT2D eigenvalue weighted by Gasteiger charge is -2.23. The summed E-state index contributed by atoms with van der Waals surface area (Å²) in [5.41, 5.74) is 6.71. The van der Waals surface area contributed by atoms with Crippen LogP contribution in [0.3, 0.4) is 0 Å². The van der Waals surface area contributed by atoms with Gasteiger partial charge in [-0.25, -0.2) is 0 Å². The fraction of sp³-hybridized carbons (Fsp3) is 0.429. The Hall–Kier alpha value is -4.10. The second-order valence-corrected chi connectivity index (χ2v) is 9.70. The Kier molecular flexibility index (Phi) is 10.7. The number of hydrogen-bond donors (Lipinski definition) is 4. The zero-order valence-electron chi connectivity index (χ0n) is 22.6. The van der Waals surface area contributed by atoms with Gasteiger partial charge in [0, 0.05) is 31.1 Å². The summed E-state index contributed by atoms with van der Waals surface area (Å²) in [6.45, 7) is 8.15. The number of rotatable bonds is 13. The summed E-state index contributed by atoms with van der Waals surface area (Å²) in [6.07, 6.45) is 0.526. The Morgan fingerprint density at radius 1 is 1.11 bits per heavy atom. The van der Waals surface area contributed by atoms with Crippen molar-refractivity contribution in [3.05, 3.63) is 52.1 Å². The van der Waals surface area contributed by atoms with Crippen LogP contribution in [0.15, 0.2) is 24.3 Å². The van der Waals surface area contributed by atoms with E-state index in [0.29, 0.717) is 41.0 Å². The lowest BCUT2D eigenvalue weighted by atomic mass is 9.84. The van der Waals surface area contributed by atoms with Crippen LogP contribution in [-0.2, 0) is 16.8 Å². The number of primary amides is 1. The van der Waals surface area contributed by atoms with Crippen molar-refractivity contribution < 1.29 is 29.0 Å². The van der Waals surface area contributed by atoms with Gasteiger partial charge < -0.3 is 30.9 Å². The molecular formula is C28H36N4O6.